The van der Waals surface area contributed by atoms with Crippen LogP contribution in [-0.2, 0) is 10.8 Å². The van der Waals surface area contributed by atoms with E-state index < -0.39 is 0 Å². The van der Waals surface area contributed by atoms with Gasteiger partial charge in [0.2, 0.25) is 0 Å². The number of hydrogen-bond donors (Lipinski definition) is 0. The minimum atomic E-state index is 0.0826. The van der Waals surface area contributed by atoms with E-state index in [1.807, 2.05) is 18.5 Å². The van der Waals surface area contributed by atoms with Gasteiger partial charge in [0.25, 0.3) is 0 Å². The van der Waals surface area contributed by atoms with Crippen LogP contribution in [0.1, 0.15) is 51.7 Å². The molecular formula is C55H42N6. The molecule has 0 N–H and O–H groups in total. The second-order valence-corrected chi connectivity index (χ2v) is 18.1. The first kappa shape index (κ1) is 35.6. The van der Waals surface area contributed by atoms with Gasteiger partial charge in [-0.2, -0.15) is 0 Å². The fraction of sp³-hybridized carbons (Fsp3) is 0.145. The second kappa shape index (κ2) is 13.1. The van der Waals surface area contributed by atoms with E-state index >= 15 is 0 Å². The van der Waals surface area contributed by atoms with Gasteiger partial charge in [-0.15, -0.1) is 0 Å². The molecule has 0 atom stereocenters. The summed E-state index contributed by atoms with van der Waals surface area (Å²) >= 11 is 0. The van der Waals surface area contributed by atoms with E-state index in [1.54, 1.807) is 0 Å². The summed E-state index contributed by atoms with van der Waals surface area (Å²) in [5.74, 6) is 1.78. The molecule has 0 amide bonds. The van der Waals surface area contributed by atoms with E-state index in [-0.39, 0.29) is 10.8 Å². The minimum Gasteiger partial charge on any atom is -0.309 e. The highest BCUT2D eigenvalue weighted by Crippen LogP contribution is 2.49. The van der Waals surface area contributed by atoms with Crippen molar-refractivity contribution in [2.24, 2.45) is 0 Å². The van der Waals surface area contributed by atoms with Crippen molar-refractivity contribution in [1.29, 1.82) is 0 Å². The van der Waals surface area contributed by atoms with Crippen LogP contribution >= 0.6 is 0 Å². The molecule has 0 saturated carbocycles. The maximum atomic E-state index is 5.15. The summed E-state index contributed by atoms with van der Waals surface area (Å²) in [6.07, 6.45) is 6.01. The van der Waals surface area contributed by atoms with Crippen molar-refractivity contribution in [3.05, 3.63) is 169 Å². The van der Waals surface area contributed by atoms with Crippen LogP contribution in [0.25, 0.3) is 105 Å². The van der Waals surface area contributed by atoms with Gasteiger partial charge in [0, 0.05) is 56.3 Å². The molecule has 0 saturated heterocycles. The highest BCUT2D eigenvalue weighted by Gasteiger charge is 2.38. The maximum absolute atomic E-state index is 5.15. The predicted octanol–water partition coefficient (Wildman–Crippen LogP) is 13.7. The highest BCUT2D eigenvalue weighted by atomic mass is 15.0. The van der Waals surface area contributed by atoms with E-state index in [0.717, 1.165) is 56.0 Å². The summed E-state index contributed by atoms with van der Waals surface area (Å²) in [4.78, 5) is 25.0. The first-order valence-corrected chi connectivity index (χ1v) is 21.2. The third-order valence-electron chi connectivity index (χ3n) is 13.3. The third-order valence-corrected chi connectivity index (χ3v) is 13.3. The number of aromatic nitrogens is 6. The monoisotopic (exact) mass is 786 g/mol. The van der Waals surface area contributed by atoms with Crippen molar-refractivity contribution < 1.29 is 0 Å². The molecule has 12 rings (SSSR count). The lowest BCUT2D eigenvalue weighted by atomic mass is 9.63. The Morgan fingerprint density at radius 1 is 0.426 bits per heavy atom. The average molecular weight is 787 g/mol. The Morgan fingerprint density at radius 2 is 0.951 bits per heavy atom. The molecule has 1 aliphatic rings. The molecular weight excluding hydrogens is 745 g/mol. The molecule has 61 heavy (non-hydrogen) atoms. The largest absolute Gasteiger partial charge is 0.309 e. The van der Waals surface area contributed by atoms with Gasteiger partial charge in [0.15, 0.2) is 17.5 Å². The molecule has 7 aromatic carbocycles. The van der Waals surface area contributed by atoms with Gasteiger partial charge < -0.3 is 4.57 Å². The number of pyridine rings is 2. The van der Waals surface area contributed by atoms with Crippen molar-refractivity contribution in [2.75, 3.05) is 0 Å². The molecule has 4 aromatic heterocycles. The molecule has 6 heteroatoms. The first-order chi connectivity index (χ1) is 29.7. The van der Waals surface area contributed by atoms with Crippen LogP contribution in [0.4, 0.5) is 0 Å². The standard InChI is InChI=1S/C55H42N6/c1-54(2)23-24-55(3,4)46-31-48-44(30-45(46)54)43-28-37-12-7-8-13-38(37)29-47(43)61(48)42-21-19-35(20-22-42)51-58-52(40-18-15-33-10-5-6-11-36(33)26-40)60-53(59-51)41-27-39-17-16-34-14-9-25-56-49(34)50(39)57-32-41/h5-22,25-32H,23-24H2,1-4H3. The van der Waals surface area contributed by atoms with Crippen molar-refractivity contribution in [3.8, 4) is 39.9 Å². The fourth-order valence-electron chi connectivity index (χ4n) is 9.75. The first-order valence-electron chi connectivity index (χ1n) is 21.2. The Morgan fingerprint density at radius 3 is 1.70 bits per heavy atom. The average Bonchev–Trinajstić information content (AvgIpc) is 3.61. The summed E-state index contributed by atoms with van der Waals surface area (Å²) < 4.78 is 2.46. The number of fused-ring (bicyclic) bond motifs is 9. The summed E-state index contributed by atoms with van der Waals surface area (Å²) in [7, 11) is 0. The molecule has 6 nitrogen and oxygen atoms in total. The lowest BCUT2D eigenvalue weighted by Crippen LogP contribution is -2.33. The van der Waals surface area contributed by atoms with E-state index in [9.17, 15) is 0 Å². The molecule has 0 spiro atoms. The molecule has 0 unspecified atom stereocenters. The van der Waals surface area contributed by atoms with Gasteiger partial charge in [-0.25, -0.2) is 15.0 Å². The molecule has 4 heterocycles. The Kier molecular flexibility index (Phi) is 7.65. The zero-order valence-electron chi connectivity index (χ0n) is 34.6. The Bertz CT molecular complexity index is 3600. The van der Waals surface area contributed by atoms with Crippen LogP contribution in [0.2, 0.25) is 0 Å². The Balaban J connectivity index is 1.03. The van der Waals surface area contributed by atoms with Crippen LogP contribution in [-0.4, -0.2) is 29.5 Å². The summed E-state index contributed by atoms with van der Waals surface area (Å²) in [5.41, 5.74) is 11.0. The number of benzene rings is 7. The maximum Gasteiger partial charge on any atom is 0.165 e. The van der Waals surface area contributed by atoms with Crippen LogP contribution in [0.3, 0.4) is 0 Å². The molecule has 11 aromatic rings. The quantitative estimate of drug-likeness (QED) is 0.166. The number of hydrogen-bond acceptors (Lipinski definition) is 5. The van der Waals surface area contributed by atoms with Gasteiger partial charge in [-0.3, -0.25) is 9.97 Å². The van der Waals surface area contributed by atoms with Gasteiger partial charge in [-0.1, -0.05) is 107 Å². The predicted molar refractivity (Wildman–Crippen MR) is 251 cm³/mol. The topological polar surface area (TPSA) is 69.4 Å². The fourth-order valence-corrected chi connectivity index (χ4v) is 9.75. The van der Waals surface area contributed by atoms with E-state index in [2.05, 4.69) is 177 Å². The second-order valence-electron chi connectivity index (χ2n) is 18.1. The highest BCUT2D eigenvalue weighted by molar-refractivity contribution is 6.14. The zero-order chi connectivity index (χ0) is 41.0. The van der Waals surface area contributed by atoms with Crippen molar-refractivity contribution in [3.63, 3.8) is 0 Å². The molecule has 0 radical (unpaired) electrons. The SMILES string of the molecule is CC1(C)CCC(C)(C)c2cc3c(cc21)c1cc2ccccc2cc1n3-c1ccc(-c2nc(-c3ccc4ccccc4c3)nc(-c3cnc4c(ccc5cccnc54)c3)n2)cc1. The minimum absolute atomic E-state index is 0.0826. The number of nitrogens with zero attached hydrogens (tertiary/aromatic N) is 6. The number of rotatable bonds is 4. The normalized spacial score (nSPS) is 14.7. The Labute approximate surface area is 353 Å². The molecule has 0 fully saturated rings. The third kappa shape index (κ3) is 5.73. The van der Waals surface area contributed by atoms with Gasteiger partial charge >= 0.3 is 0 Å². The van der Waals surface area contributed by atoms with Crippen LogP contribution in [0.15, 0.2) is 158 Å². The molecule has 292 valence electrons. The lowest BCUT2D eigenvalue weighted by molar-refractivity contribution is 0.332. The van der Waals surface area contributed by atoms with Crippen LogP contribution in [0, 0.1) is 0 Å². The van der Waals surface area contributed by atoms with Crippen molar-refractivity contribution in [1.82, 2.24) is 29.5 Å². The van der Waals surface area contributed by atoms with E-state index in [4.69, 9.17) is 19.9 Å². The molecule has 0 bridgehead atoms. The molecule has 0 aliphatic heterocycles. The van der Waals surface area contributed by atoms with Crippen molar-refractivity contribution >= 4 is 65.2 Å². The zero-order valence-corrected chi connectivity index (χ0v) is 34.6. The molecule has 1 aliphatic carbocycles. The van der Waals surface area contributed by atoms with Crippen molar-refractivity contribution in [2.45, 2.75) is 51.4 Å². The Hall–Kier alpha value is -7.31. The van der Waals surface area contributed by atoms with E-state index in [0.29, 0.717) is 17.5 Å². The van der Waals surface area contributed by atoms with Gasteiger partial charge in [0.1, 0.15) is 0 Å². The summed E-state index contributed by atoms with van der Waals surface area (Å²) in [5, 5.41) is 9.39. The smallest absolute Gasteiger partial charge is 0.165 e. The van der Waals surface area contributed by atoms with Gasteiger partial charge in [0.05, 0.1) is 22.1 Å². The van der Waals surface area contributed by atoms with Crippen LogP contribution < -0.4 is 0 Å². The van der Waals surface area contributed by atoms with Crippen LogP contribution in [0.5, 0.6) is 0 Å². The summed E-state index contributed by atoms with van der Waals surface area (Å²) in [6.45, 7) is 9.64. The van der Waals surface area contributed by atoms with E-state index in [1.165, 1.54) is 55.5 Å². The lowest BCUT2D eigenvalue weighted by Gasteiger charge is -2.42. The van der Waals surface area contributed by atoms with Gasteiger partial charge in [-0.05, 0) is 123 Å². The summed E-state index contributed by atoms with van der Waals surface area (Å²) in [6, 6.07) is 52.2.